The lowest BCUT2D eigenvalue weighted by Gasteiger charge is -2.41. The molecule has 0 N–H and O–H groups in total. The summed E-state index contributed by atoms with van der Waals surface area (Å²) in [6.07, 6.45) is 5.00. The molecule has 26 heavy (non-hydrogen) atoms. The molecule has 1 saturated heterocycles. The summed E-state index contributed by atoms with van der Waals surface area (Å²) >= 11 is 0. The minimum atomic E-state index is -3.49. The second-order valence-corrected chi connectivity index (χ2v) is 9.56. The molecule has 4 nitrogen and oxygen atoms in total. The van der Waals surface area contributed by atoms with Crippen LogP contribution in [0.2, 0.25) is 0 Å². The van der Waals surface area contributed by atoms with Crippen molar-refractivity contribution in [3.05, 3.63) is 54.1 Å². The first-order valence-electron chi connectivity index (χ1n) is 9.47. The summed E-state index contributed by atoms with van der Waals surface area (Å²) in [5.74, 6) is 1.24. The molecular formula is C21H23NO3S. The predicted molar refractivity (Wildman–Crippen MR) is 99.3 cm³/mol. The lowest BCUT2D eigenvalue weighted by atomic mass is 9.87. The summed E-state index contributed by atoms with van der Waals surface area (Å²) in [5, 5.41) is 0. The van der Waals surface area contributed by atoms with Crippen molar-refractivity contribution < 1.29 is 13.2 Å². The molecule has 2 aromatic carbocycles. The van der Waals surface area contributed by atoms with Crippen LogP contribution in [0.3, 0.4) is 0 Å². The van der Waals surface area contributed by atoms with E-state index in [1.807, 2.05) is 18.2 Å². The van der Waals surface area contributed by atoms with E-state index in [9.17, 15) is 8.42 Å². The molecule has 0 aromatic heterocycles. The highest BCUT2D eigenvalue weighted by Crippen LogP contribution is 2.45. The Labute approximate surface area is 154 Å². The van der Waals surface area contributed by atoms with Gasteiger partial charge in [0.15, 0.2) is 0 Å². The maximum absolute atomic E-state index is 13.0. The summed E-state index contributed by atoms with van der Waals surface area (Å²) in [4.78, 5) is 3.32. The van der Waals surface area contributed by atoms with E-state index in [0.29, 0.717) is 27.8 Å². The molecule has 2 atom stereocenters. The van der Waals surface area contributed by atoms with Gasteiger partial charge in [0.1, 0.15) is 12.4 Å². The van der Waals surface area contributed by atoms with Crippen LogP contribution >= 0.6 is 0 Å². The Balaban J connectivity index is 1.51. The number of fused-ring (bicyclic) bond motifs is 3. The molecule has 0 bridgehead atoms. The first kappa shape index (κ1) is 16.3. The highest BCUT2D eigenvalue weighted by molar-refractivity contribution is 7.91. The summed E-state index contributed by atoms with van der Waals surface area (Å²) < 4.78 is 32.0. The fraction of sp³-hybridized carbons (Fsp3) is 0.429. The van der Waals surface area contributed by atoms with E-state index in [4.69, 9.17) is 4.74 Å². The van der Waals surface area contributed by atoms with Crippen LogP contribution in [0, 0.1) is 0 Å². The number of hydrogen-bond acceptors (Lipinski definition) is 4. The first-order valence-corrected chi connectivity index (χ1v) is 11.0. The van der Waals surface area contributed by atoms with Crippen molar-refractivity contribution >= 4 is 9.84 Å². The third-order valence-electron chi connectivity index (χ3n) is 6.29. The molecule has 2 aliphatic heterocycles. The van der Waals surface area contributed by atoms with Crippen LogP contribution in [0.15, 0.2) is 58.3 Å². The monoisotopic (exact) mass is 369 g/mol. The Morgan fingerprint density at radius 2 is 1.77 bits per heavy atom. The molecule has 0 amide bonds. The van der Waals surface area contributed by atoms with Crippen LogP contribution in [-0.4, -0.2) is 38.6 Å². The third-order valence-corrected chi connectivity index (χ3v) is 8.05. The molecule has 0 radical (unpaired) electrons. The molecule has 2 unspecified atom stereocenters. The van der Waals surface area contributed by atoms with Gasteiger partial charge in [-0.05, 0) is 56.1 Å². The van der Waals surface area contributed by atoms with Gasteiger partial charge < -0.3 is 4.74 Å². The second-order valence-electron chi connectivity index (χ2n) is 7.61. The predicted octanol–water partition coefficient (Wildman–Crippen LogP) is 3.62. The Hall–Kier alpha value is -1.85. The largest absolute Gasteiger partial charge is 0.492 e. The van der Waals surface area contributed by atoms with Crippen LogP contribution in [0.5, 0.6) is 5.75 Å². The van der Waals surface area contributed by atoms with Crippen molar-refractivity contribution in [1.82, 2.24) is 4.90 Å². The maximum atomic E-state index is 13.0. The van der Waals surface area contributed by atoms with Crippen LogP contribution in [0.25, 0.3) is 0 Å². The molecule has 1 aliphatic carbocycles. The molecule has 2 fully saturated rings. The van der Waals surface area contributed by atoms with Crippen molar-refractivity contribution in [3.63, 3.8) is 0 Å². The number of hydrogen-bond donors (Lipinski definition) is 0. The Bertz CT molecular complexity index is 922. The summed E-state index contributed by atoms with van der Waals surface area (Å²) in [6, 6.07) is 15.1. The van der Waals surface area contributed by atoms with Crippen LogP contribution in [-0.2, 0) is 9.84 Å². The van der Waals surface area contributed by atoms with Gasteiger partial charge in [0, 0.05) is 17.5 Å². The molecule has 5 heteroatoms. The number of rotatable bonds is 3. The van der Waals surface area contributed by atoms with Crippen molar-refractivity contribution in [2.75, 3.05) is 13.2 Å². The zero-order valence-corrected chi connectivity index (χ0v) is 15.5. The van der Waals surface area contributed by atoms with Crippen molar-refractivity contribution in [2.24, 2.45) is 0 Å². The Morgan fingerprint density at radius 3 is 2.50 bits per heavy atom. The minimum absolute atomic E-state index is 0.343. The van der Waals surface area contributed by atoms with Crippen LogP contribution in [0.4, 0.5) is 0 Å². The van der Waals surface area contributed by atoms with Gasteiger partial charge in [0.25, 0.3) is 0 Å². The molecule has 136 valence electrons. The summed E-state index contributed by atoms with van der Waals surface area (Å²) in [5.41, 5.74) is 1.07. The van der Waals surface area contributed by atoms with Gasteiger partial charge in [-0.3, -0.25) is 4.90 Å². The topological polar surface area (TPSA) is 46.6 Å². The lowest BCUT2D eigenvalue weighted by Crippen LogP contribution is -2.47. The average Bonchev–Trinajstić information content (AvgIpc) is 3.05. The molecule has 0 spiro atoms. The van der Waals surface area contributed by atoms with Gasteiger partial charge in [-0.1, -0.05) is 24.6 Å². The van der Waals surface area contributed by atoms with Crippen molar-refractivity contribution in [3.8, 4) is 5.75 Å². The molecule has 2 heterocycles. The molecule has 3 aliphatic rings. The Morgan fingerprint density at radius 1 is 0.962 bits per heavy atom. The summed E-state index contributed by atoms with van der Waals surface area (Å²) in [6.45, 7) is 1.82. The fourth-order valence-corrected chi connectivity index (χ4v) is 5.97. The smallest absolute Gasteiger partial charge is 0.206 e. The standard InChI is InChI=1S/C21H23NO3S/c23-26(24,16-7-2-1-3-8-16)17-9-10-21-19(13-17)18-11-12-22(15-5-4-6-15)20(18)14-25-21/h1-3,7-10,13,15,18,20H,4-6,11-12,14H2. The number of nitrogens with zero attached hydrogens (tertiary/aromatic N) is 1. The van der Waals surface area contributed by atoms with Gasteiger partial charge in [-0.25, -0.2) is 8.42 Å². The second kappa shape index (κ2) is 6.10. The first-order chi connectivity index (χ1) is 12.6. The Kier molecular flexibility index (Phi) is 3.83. The fourth-order valence-electron chi connectivity index (χ4n) is 4.65. The van der Waals surface area contributed by atoms with E-state index < -0.39 is 9.84 Å². The maximum Gasteiger partial charge on any atom is 0.206 e. The summed E-state index contributed by atoms with van der Waals surface area (Å²) in [7, 11) is -3.49. The van der Waals surface area contributed by atoms with Gasteiger partial charge in [0.05, 0.1) is 15.8 Å². The van der Waals surface area contributed by atoms with Crippen molar-refractivity contribution in [2.45, 2.75) is 53.5 Å². The van der Waals surface area contributed by atoms with E-state index in [2.05, 4.69) is 4.90 Å². The number of ether oxygens (including phenoxy) is 1. The zero-order chi connectivity index (χ0) is 17.7. The normalized spacial score (nSPS) is 25.8. The third kappa shape index (κ3) is 2.48. The van der Waals surface area contributed by atoms with E-state index in [-0.39, 0.29) is 0 Å². The van der Waals surface area contributed by atoms with E-state index >= 15 is 0 Å². The van der Waals surface area contributed by atoms with Crippen LogP contribution in [0.1, 0.15) is 37.2 Å². The minimum Gasteiger partial charge on any atom is -0.492 e. The van der Waals surface area contributed by atoms with Crippen molar-refractivity contribution in [1.29, 1.82) is 0 Å². The van der Waals surface area contributed by atoms with E-state index in [1.54, 1.807) is 30.3 Å². The average molecular weight is 369 g/mol. The van der Waals surface area contributed by atoms with Gasteiger partial charge >= 0.3 is 0 Å². The number of sulfone groups is 1. The zero-order valence-electron chi connectivity index (χ0n) is 14.7. The highest BCUT2D eigenvalue weighted by Gasteiger charge is 2.44. The van der Waals surface area contributed by atoms with Gasteiger partial charge in [-0.2, -0.15) is 0 Å². The van der Waals surface area contributed by atoms with E-state index in [0.717, 1.165) is 30.9 Å². The van der Waals surface area contributed by atoms with Gasteiger partial charge in [0.2, 0.25) is 9.84 Å². The number of benzene rings is 2. The number of likely N-dealkylation sites (tertiary alicyclic amines) is 1. The van der Waals surface area contributed by atoms with E-state index in [1.165, 1.54) is 19.3 Å². The molecule has 1 saturated carbocycles. The molecule has 5 rings (SSSR count). The highest BCUT2D eigenvalue weighted by atomic mass is 32.2. The van der Waals surface area contributed by atoms with Crippen LogP contribution < -0.4 is 4.74 Å². The SMILES string of the molecule is O=S(=O)(c1ccccc1)c1ccc2c(c1)C1CCN(C3CCC3)C1CO2. The lowest BCUT2D eigenvalue weighted by molar-refractivity contribution is 0.0717. The quantitative estimate of drug-likeness (QED) is 0.829. The molecular weight excluding hydrogens is 346 g/mol. The molecule has 2 aromatic rings. The van der Waals surface area contributed by atoms with Gasteiger partial charge in [-0.15, -0.1) is 0 Å².